The van der Waals surface area contributed by atoms with Gasteiger partial charge in [-0.3, -0.25) is 0 Å². The minimum Gasteiger partial charge on any atom is -0.489 e. The van der Waals surface area contributed by atoms with Crippen molar-refractivity contribution in [1.82, 2.24) is 9.55 Å². The van der Waals surface area contributed by atoms with Crippen LogP contribution in [0.25, 0.3) is 5.69 Å². The summed E-state index contributed by atoms with van der Waals surface area (Å²) in [6.07, 6.45) is 0.711. The lowest BCUT2D eigenvalue weighted by Gasteiger charge is -2.29. The smallest absolute Gasteiger partial charge is 0.335 e. The van der Waals surface area contributed by atoms with Crippen LogP contribution in [0.1, 0.15) is 35.9 Å². The first-order chi connectivity index (χ1) is 18.6. The Morgan fingerprint density at radius 1 is 1.13 bits per heavy atom. The molecule has 39 heavy (non-hydrogen) atoms. The van der Waals surface area contributed by atoms with Gasteiger partial charge in [0.05, 0.1) is 12.2 Å². The highest BCUT2D eigenvalue weighted by Gasteiger charge is 2.29. The first-order valence-corrected chi connectivity index (χ1v) is 12.1. The summed E-state index contributed by atoms with van der Waals surface area (Å²) in [4.78, 5) is 23.8. The highest BCUT2D eigenvalue weighted by Crippen LogP contribution is 2.32. The molecule has 0 spiro atoms. The lowest BCUT2D eigenvalue weighted by Crippen LogP contribution is -2.39. The van der Waals surface area contributed by atoms with Crippen molar-refractivity contribution in [2.45, 2.75) is 50.8 Å². The molecule has 1 aromatic heterocycles. The number of aromatic nitrogens is 2. The first-order valence-electron chi connectivity index (χ1n) is 12.1. The molecule has 11 nitrogen and oxygen atoms in total. The zero-order chi connectivity index (χ0) is 28.5. The van der Waals surface area contributed by atoms with Crippen molar-refractivity contribution in [3.05, 3.63) is 77.6 Å². The van der Waals surface area contributed by atoms with Crippen molar-refractivity contribution in [1.29, 1.82) is 0 Å². The molecule has 1 aliphatic heterocycles. The SMILES string of the molecule is COC1CCOC(c2cc(F)cc(OCc3ccc(-n4ccnc4C)cc3)c2)C1.O=C(O)C(O)C(O)C(=O)O. The molecule has 0 bridgehead atoms. The predicted octanol–water partition coefficient (Wildman–Crippen LogP) is 2.64. The molecule has 4 atom stereocenters. The number of nitrogens with zero attached hydrogens (tertiary/aromatic N) is 2. The fourth-order valence-electron chi connectivity index (χ4n) is 3.91. The number of hydrogen-bond acceptors (Lipinski definition) is 8. The Kier molecular flexibility index (Phi) is 10.5. The lowest BCUT2D eigenvalue weighted by atomic mass is 9.99. The van der Waals surface area contributed by atoms with Crippen molar-refractivity contribution in [3.8, 4) is 11.4 Å². The molecule has 1 aliphatic rings. The van der Waals surface area contributed by atoms with Crippen molar-refractivity contribution >= 4 is 11.9 Å². The minimum atomic E-state index is -2.27. The molecular formula is C27H31FN2O9. The van der Waals surface area contributed by atoms with Crippen LogP contribution in [0.5, 0.6) is 5.75 Å². The molecule has 3 aromatic rings. The van der Waals surface area contributed by atoms with Gasteiger partial charge in [-0.1, -0.05) is 12.1 Å². The summed E-state index contributed by atoms with van der Waals surface area (Å²) < 4.78 is 33.3. The number of carboxylic acids is 2. The number of benzene rings is 2. The zero-order valence-corrected chi connectivity index (χ0v) is 21.4. The summed E-state index contributed by atoms with van der Waals surface area (Å²) >= 11 is 0. The Bertz CT molecular complexity index is 1230. The van der Waals surface area contributed by atoms with E-state index in [1.54, 1.807) is 13.3 Å². The number of carbonyl (C=O) groups is 2. The van der Waals surface area contributed by atoms with E-state index in [9.17, 15) is 14.0 Å². The van der Waals surface area contributed by atoms with Crippen molar-refractivity contribution in [2.24, 2.45) is 0 Å². The van der Waals surface area contributed by atoms with Crippen LogP contribution in [0.4, 0.5) is 4.39 Å². The van der Waals surface area contributed by atoms with Gasteiger partial charge in [0, 0.05) is 44.3 Å². The maximum absolute atomic E-state index is 14.2. The average molecular weight is 547 g/mol. The van der Waals surface area contributed by atoms with E-state index in [2.05, 4.69) is 4.98 Å². The molecule has 4 unspecified atom stereocenters. The quantitative estimate of drug-likeness (QED) is 0.314. The van der Waals surface area contributed by atoms with Gasteiger partial charge in [-0.15, -0.1) is 0 Å². The van der Waals surface area contributed by atoms with Gasteiger partial charge >= 0.3 is 11.9 Å². The number of rotatable bonds is 9. The number of methoxy groups -OCH3 is 1. The van der Waals surface area contributed by atoms with Gasteiger partial charge in [0.2, 0.25) is 0 Å². The molecule has 4 rings (SSSR count). The van der Waals surface area contributed by atoms with Gasteiger partial charge in [-0.2, -0.15) is 0 Å². The molecule has 0 radical (unpaired) electrons. The monoisotopic (exact) mass is 546 g/mol. The van der Waals surface area contributed by atoms with Crippen LogP contribution in [0, 0.1) is 12.7 Å². The highest BCUT2D eigenvalue weighted by molar-refractivity contribution is 5.83. The lowest BCUT2D eigenvalue weighted by molar-refractivity contribution is -0.165. The average Bonchev–Trinajstić information content (AvgIpc) is 3.37. The fourth-order valence-corrected chi connectivity index (χ4v) is 3.91. The van der Waals surface area contributed by atoms with E-state index in [0.717, 1.165) is 29.1 Å². The van der Waals surface area contributed by atoms with Crippen LogP contribution < -0.4 is 4.74 Å². The zero-order valence-electron chi connectivity index (χ0n) is 21.4. The molecule has 2 heterocycles. The summed E-state index contributed by atoms with van der Waals surface area (Å²) in [5, 5.41) is 32.5. The molecule has 1 fully saturated rings. The van der Waals surface area contributed by atoms with Crippen LogP contribution in [-0.4, -0.2) is 73.9 Å². The second kappa shape index (κ2) is 13.8. The molecule has 2 aromatic carbocycles. The maximum Gasteiger partial charge on any atom is 0.335 e. The van der Waals surface area contributed by atoms with E-state index in [1.165, 1.54) is 12.1 Å². The van der Waals surface area contributed by atoms with E-state index in [1.807, 2.05) is 48.0 Å². The van der Waals surface area contributed by atoms with Crippen LogP contribution in [-0.2, 0) is 25.7 Å². The second-order valence-electron chi connectivity index (χ2n) is 8.83. The van der Waals surface area contributed by atoms with Crippen LogP contribution in [0.15, 0.2) is 54.9 Å². The van der Waals surface area contributed by atoms with Crippen LogP contribution >= 0.6 is 0 Å². The number of aliphatic hydroxyl groups is 2. The molecule has 1 saturated heterocycles. The van der Waals surface area contributed by atoms with E-state index < -0.39 is 24.1 Å². The van der Waals surface area contributed by atoms with Gasteiger partial charge in [-0.25, -0.2) is 19.0 Å². The Labute approximate surface area is 224 Å². The van der Waals surface area contributed by atoms with E-state index in [0.29, 0.717) is 25.4 Å². The molecule has 210 valence electrons. The van der Waals surface area contributed by atoms with E-state index in [-0.39, 0.29) is 18.0 Å². The summed E-state index contributed by atoms with van der Waals surface area (Å²) in [6.45, 7) is 2.93. The van der Waals surface area contributed by atoms with Crippen molar-refractivity contribution in [2.75, 3.05) is 13.7 Å². The van der Waals surface area contributed by atoms with Crippen LogP contribution in [0.3, 0.4) is 0 Å². The Hall–Kier alpha value is -3.84. The largest absolute Gasteiger partial charge is 0.489 e. The molecule has 0 aliphatic carbocycles. The van der Waals surface area contributed by atoms with Crippen molar-refractivity contribution in [3.63, 3.8) is 0 Å². The fraction of sp³-hybridized carbons (Fsp3) is 0.370. The number of imidazole rings is 1. The third-order valence-corrected chi connectivity index (χ3v) is 6.09. The predicted molar refractivity (Wildman–Crippen MR) is 135 cm³/mol. The normalized spacial score (nSPS) is 18.4. The summed E-state index contributed by atoms with van der Waals surface area (Å²) in [6, 6.07) is 12.8. The van der Waals surface area contributed by atoms with Gasteiger partial charge < -0.3 is 39.2 Å². The third kappa shape index (κ3) is 8.32. The molecule has 12 heteroatoms. The standard InChI is InChI=1S/C23H25FN2O3.C4H6O6/c1-16-25-8-9-26(16)20-5-3-17(4-6-20)15-29-22-12-18(11-19(24)13-22)23-14-21(27-2)7-10-28-23;5-1(3(7)8)2(6)4(9)10/h3-6,8-9,11-13,21,23H,7,10,14-15H2,1-2H3;1-2,5-6H,(H,7,8)(H,9,10). The third-order valence-electron chi connectivity index (χ3n) is 6.09. The molecule has 4 N–H and O–H groups in total. The van der Waals surface area contributed by atoms with Crippen LogP contribution in [0.2, 0.25) is 0 Å². The van der Waals surface area contributed by atoms with E-state index >= 15 is 0 Å². The van der Waals surface area contributed by atoms with Gasteiger partial charge in [-0.05, 0) is 48.7 Å². The second-order valence-corrected chi connectivity index (χ2v) is 8.83. The Morgan fingerprint density at radius 3 is 2.36 bits per heavy atom. The summed E-state index contributed by atoms with van der Waals surface area (Å²) in [5.74, 6) is -2.43. The molecule has 0 amide bonds. The van der Waals surface area contributed by atoms with E-state index in [4.69, 9.17) is 34.6 Å². The number of halogens is 1. The first kappa shape index (κ1) is 29.7. The number of aryl methyl sites for hydroxylation is 1. The number of aliphatic hydroxyl groups excluding tert-OH is 2. The van der Waals surface area contributed by atoms with Gasteiger partial charge in [0.1, 0.15) is 24.0 Å². The Balaban J connectivity index is 0.000000360. The van der Waals surface area contributed by atoms with Gasteiger partial charge in [0.15, 0.2) is 12.2 Å². The Morgan fingerprint density at radius 2 is 1.79 bits per heavy atom. The highest BCUT2D eigenvalue weighted by atomic mass is 19.1. The van der Waals surface area contributed by atoms with Crippen molar-refractivity contribution < 1.29 is 48.6 Å². The molecule has 0 saturated carbocycles. The number of ether oxygens (including phenoxy) is 3. The topological polar surface area (TPSA) is 161 Å². The minimum absolute atomic E-state index is 0.138. The summed E-state index contributed by atoms with van der Waals surface area (Å²) in [5.41, 5.74) is 2.83. The molecular weight excluding hydrogens is 515 g/mol. The van der Waals surface area contributed by atoms with Gasteiger partial charge in [0.25, 0.3) is 0 Å². The summed E-state index contributed by atoms with van der Waals surface area (Å²) in [7, 11) is 1.70. The number of carboxylic acid groups (broad SMARTS) is 2. The number of hydrogen-bond donors (Lipinski definition) is 4. The number of aliphatic carboxylic acids is 2. The maximum atomic E-state index is 14.2.